The number of nitrogens with zero attached hydrogens (tertiary/aromatic N) is 3. The zero-order valence-electron chi connectivity index (χ0n) is 32.2. The highest BCUT2D eigenvalue weighted by molar-refractivity contribution is 6.28. The molecule has 3 nitrogen and oxygen atoms in total. The van der Waals surface area contributed by atoms with Gasteiger partial charge >= 0.3 is 0 Å². The highest BCUT2D eigenvalue weighted by Crippen LogP contribution is 2.49. The first-order valence-corrected chi connectivity index (χ1v) is 20.1. The molecule has 0 spiro atoms. The molecule has 0 amide bonds. The molecule has 0 bridgehead atoms. The maximum Gasteiger partial charge on any atom is 0.160 e. The van der Waals surface area contributed by atoms with Gasteiger partial charge in [-0.2, -0.15) is 0 Å². The first-order chi connectivity index (χ1) is 28.5. The second kappa shape index (κ2) is 12.3. The predicted molar refractivity (Wildman–Crippen MR) is 243 cm³/mol. The largest absolute Gasteiger partial charge is 0.309 e. The van der Waals surface area contributed by atoms with Gasteiger partial charge < -0.3 is 4.57 Å². The number of rotatable bonds is 4. The molecular formula is C55H37N3. The number of benzene rings is 9. The van der Waals surface area contributed by atoms with Gasteiger partial charge in [0, 0.05) is 38.4 Å². The molecular weight excluding hydrogens is 703 g/mol. The van der Waals surface area contributed by atoms with Gasteiger partial charge in [0.05, 0.1) is 22.2 Å². The molecule has 1 aliphatic carbocycles. The number of hydrogen-bond acceptors (Lipinski definition) is 2. The van der Waals surface area contributed by atoms with Crippen LogP contribution in [0.2, 0.25) is 0 Å². The number of hydrogen-bond donors (Lipinski definition) is 0. The van der Waals surface area contributed by atoms with E-state index in [0.717, 1.165) is 39.2 Å². The minimum atomic E-state index is -0.122. The quantitative estimate of drug-likeness (QED) is 0.180. The van der Waals surface area contributed by atoms with Crippen LogP contribution in [0.1, 0.15) is 25.0 Å². The lowest BCUT2D eigenvalue weighted by atomic mass is 9.82. The predicted octanol–water partition coefficient (Wildman–Crippen LogP) is 14.3. The number of aromatic nitrogens is 3. The van der Waals surface area contributed by atoms with Gasteiger partial charge in [-0.3, -0.25) is 0 Å². The molecule has 0 unspecified atom stereocenters. The van der Waals surface area contributed by atoms with E-state index in [1.165, 1.54) is 76.7 Å². The summed E-state index contributed by atoms with van der Waals surface area (Å²) in [6.45, 7) is 4.65. The molecule has 3 heteroatoms. The SMILES string of the molecule is CC1(C)c2ccccc2-c2ccc(-c3nc(-c4ccc(-c5ccccc5)cc4)c4cc(-n5c6ccc7ccccc7c6c6c7ccccc7ccc65)ccc4n3)cc21. The van der Waals surface area contributed by atoms with Gasteiger partial charge in [0.1, 0.15) is 0 Å². The van der Waals surface area contributed by atoms with E-state index in [-0.39, 0.29) is 5.41 Å². The zero-order chi connectivity index (χ0) is 38.5. The van der Waals surface area contributed by atoms with Crippen molar-refractivity contribution < 1.29 is 0 Å². The summed E-state index contributed by atoms with van der Waals surface area (Å²) in [6.07, 6.45) is 0. The molecule has 0 fully saturated rings. The average Bonchev–Trinajstić information content (AvgIpc) is 3.75. The van der Waals surface area contributed by atoms with Crippen LogP contribution >= 0.6 is 0 Å². The van der Waals surface area contributed by atoms with Gasteiger partial charge in [-0.15, -0.1) is 0 Å². The van der Waals surface area contributed by atoms with E-state index in [4.69, 9.17) is 9.97 Å². The van der Waals surface area contributed by atoms with Crippen LogP contribution in [0.5, 0.6) is 0 Å². The Morgan fingerprint density at radius 2 is 1.00 bits per heavy atom. The van der Waals surface area contributed by atoms with Gasteiger partial charge in [-0.25, -0.2) is 9.97 Å². The van der Waals surface area contributed by atoms with Crippen LogP contribution in [0.4, 0.5) is 0 Å². The summed E-state index contributed by atoms with van der Waals surface area (Å²) in [5, 5.41) is 8.55. The van der Waals surface area contributed by atoms with Crippen LogP contribution in [0.15, 0.2) is 188 Å². The molecule has 58 heavy (non-hydrogen) atoms. The highest BCUT2D eigenvalue weighted by Gasteiger charge is 2.35. The van der Waals surface area contributed by atoms with Gasteiger partial charge in [0.25, 0.3) is 0 Å². The lowest BCUT2D eigenvalue weighted by molar-refractivity contribution is 0.660. The lowest BCUT2D eigenvalue weighted by Crippen LogP contribution is -2.15. The molecule has 1 aliphatic rings. The average molecular weight is 740 g/mol. The van der Waals surface area contributed by atoms with E-state index in [2.05, 4.69) is 206 Å². The molecule has 2 aromatic heterocycles. The van der Waals surface area contributed by atoms with Gasteiger partial charge in [0.2, 0.25) is 0 Å². The Morgan fingerprint density at radius 1 is 0.414 bits per heavy atom. The van der Waals surface area contributed by atoms with E-state index in [1.807, 2.05) is 0 Å². The van der Waals surface area contributed by atoms with Crippen LogP contribution in [-0.4, -0.2) is 14.5 Å². The van der Waals surface area contributed by atoms with Crippen LogP contribution in [-0.2, 0) is 5.41 Å². The first-order valence-electron chi connectivity index (χ1n) is 20.1. The molecule has 0 N–H and O–H groups in total. The summed E-state index contributed by atoms with van der Waals surface area (Å²) in [7, 11) is 0. The van der Waals surface area contributed by atoms with Gasteiger partial charge in [-0.05, 0) is 91.3 Å². The summed E-state index contributed by atoms with van der Waals surface area (Å²) in [5.41, 5.74) is 14.9. The van der Waals surface area contributed by atoms with E-state index < -0.39 is 0 Å². The minimum Gasteiger partial charge on any atom is -0.309 e. The molecule has 12 rings (SSSR count). The third kappa shape index (κ3) is 4.80. The van der Waals surface area contributed by atoms with E-state index in [0.29, 0.717) is 0 Å². The summed E-state index contributed by atoms with van der Waals surface area (Å²) in [6, 6.07) is 68.2. The molecule has 272 valence electrons. The standard InChI is InChI=1S/C55H37N3/c1-55(2)46-19-11-10-18-43(46)44-28-24-39(32-47(44)55)54-56-48-29-27-40(33-45(48)53(57-54)38-22-20-35(21-23-38)34-12-4-3-5-13-34)58-49-30-25-36-14-6-8-16-41(36)51(49)52-42-17-9-7-15-37(42)26-31-50(52)58/h3-33H,1-2H3. The summed E-state index contributed by atoms with van der Waals surface area (Å²) in [5.74, 6) is 0.728. The Bertz CT molecular complexity index is 3370. The van der Waals surface area contributed by atoms with E-state index in [1.54, 1.807) is 0 Å². The summed E-state index contributed by atoms with van der Waals surface area (Å²) in [4.78, 5) is 10.8. The minimum absolute atomic E-state index is 0.122. The maximum absolute atomic E-state index is 5.47. The van der Waals surface area contributed by atoms with E-state index in [9.17, 15) is 0 Å². The van der Waals surface area contributed by atoms with Gasteiger partial charge in [0.15, 0.2) is 5.82 Å². The molecule has 0 atom stereocenters. The van der Waals surface area contributed by atoms with Crippen LogP contribution in [0.3, 0.4) is 0 Å². The Labute approximate surface area is 336 Å². The maximum atomic E-state index is 5.47. The van der Waals surface area contributed by atoms with Crippen molar-refractivity contribution in [1.29, 1.82) is 0 Å². The molecule has 11 aromatic rings. The Balaban J connectivity index is 1.10. The van der Waals surface area contributed by atoms with Crippen LogP contribution < -0.4 is 0 Å². The van der Waals surface area contributed by atoms with Crippen molar-refractivity contribution in [1.82, 2.24) is 14.5 Å². The fourth-order valence-corrected chi connectivity index (χ4v) is 9.73. The van der Waals surface area contributed by atoms with Crippen molar-refractivity contribution in [3.63, 3.8) is 0 Å². The molecule has 0 saturated carbocycles. The van der Waals surface area contributed by atoms with Crippen molar-refractivity contribution >= 4 is 54.3 Å². The molecule has 2 heterocycles. The Hall–Kier alpha value is -7.36. The first kappa shape index (κ1) is 32.8. The normalized spacial score (nSPS) is 13.1. The second-order valence-electron chi connectivity index (χ2n) is 16.2. The lowest BCUT2D eigenvalue weighted by Gasteiger charge is -2.22. The molecule has 0 aliphatic heterocycles. The highest BCUT2D eigenvalue weighted by atomic mass is 15.0. The fraction of sp³-hybridized carbons (Fsp3) is 0.0545. The van der Waals surface area contributed by atoms with E-state index >= 15 is 0 Å². The Kier molecular flexibility index (Phi) is 6.98. The summed E-state index contributed by atoms with van der Waals surface area (Å²) >= 11 is 0. The van der Waals surface area contributed by atoms with Gasteiger partial charge in [-0.1, -0.05) is 166 Å². The Morgan fingerprint density at radius 3 is 1.72 bits per heavy atom. The van der Waals surface area contributed by atoms with Crippen LogP contribution in [0.25, 0.3) is 105 Å². The topological polar surface area (TPSA) is 30.7 Å². The van der Waals surface area contributed by atoms with Crippen molar-refractivity contribution in [2.75, 3.05) is 0 Å². The third-order valence-corrected chi connectivity index (χ3v) is 12.6. The third-order valence-electron chi connectivity index (χ3n) is 12.6. The van der Waals surface area contributed by atoms with Crippen LogP contribution in [0, 0.1) is 0 Å². The fourth-order valence-electron chi connectivity index (χ4n) is 9.73. The van der Waals surface area contributed by atoms with Crippen molar-refractivity contribution in [2.24, 2.45) is 0 Å². The van der Waals surface area contributed by atoms with Crippen molar-refractivity contribution in [3.05, 3.63) is 199 Å². The smallest absolute Gasteiger partial charge is 0.160 e. The van der Waals surface area contributed by atoms with Crippen molar-refractivity contribution in [3.8, 4) is 50.6 Å². The number of fused-ring (bicyclic) bond motifs is 11. The summed E-state index contributed by atoms with van der Waals surface area (Å²) < 4.78 is 2.43. The molecule has 0 saturated heterocycles. The molecule has 0 radical (unpaired) electrons. The monoisotopic (exact) mass is 739 g/mol. The molecule has 9 aromatic carbocycles. The second-order valence-corrected chi connectivity index (χ2v) is 16.2. The van der Waals surface area contributed by atoms with Crippen molar-refractivity contribution in [2.45, 2.75) is 19.3 Å². The zero-order valence-corrected chi connectivity index (χ0v) is 32.2.